The predicted molar refractivity (Wildman–Crippen MR) is 117 cm³/mol. The van der Waals surface area contributed by atoms with Crippen molar-refractivity contribution in [2.45, 2.75) is 38.4 Å². The molecule has 9 heteroatoms. The lowest BCUT2D eigenvalue weighted by molar-refractivity contribution is -0.124. The Hall–Kier alpha value is -2.48. The molecular weight excluding hydrogens is 429 g/mol. The van der Waals surface area contributed by atoms with Gasteiger partial charge in [-0.1, -0.05) is 53.5 Å². The molecule has 0 saturated carbocycles. The minimum atomic E-state index is -1.09. The molecule has 2 amide bonds. The van der Waals surface area contributed by atoms with Gasteiger partial charge in [0.25, 0.3) is 0 Å². The van der Waals surface area contributed by atoms with Gasteiger partial charge < -0.3 is 26.2 Å². The normalized spacial score (nSPS) is 12.3. The lowest BCUT2D eigenvalue weighted by Gasteiger charge is -2.33. The van der Waals surface area contributed by atoms with Crippen LogP contribution in [0.5, 0.6) is 5.75 Å². The fourth-order valence-electron chi connectivity index (χ4n) is 3.04. The van der Waals surface area contributed by atoms with Gasteiger partial charge in [0.2, 0.25) is 5.91 Å². The number of carbonyl (C=O) groups is 2. The smallest absolute Gasteiger partial charge is 0.407 e. The highest BCUT2D eigenvalue weighted by Crippen LogP contribution is 2.30. The maximum Gasteiger partial charge on any atom is 0.407 e. The number of nitrogens with one attached hydrogen (secondary N) is 1. The molecule has 5 N–H and O–H groups in total. The number of hydrogen-bond donors (Lipinski definition) is 4. The van der Waals surface area contributed by atoms with Crippen molar-refractivity contribution in [3.8, 4) is 5.75 Å². The van der Waals surface area contributed by atoms with Crippen molar-refractivity contribution < 1.29 is 19.8 Å². The van der Waals surface area contributed by atoms with Crippen molar-refractivity contribution in [3.63, 3.8) is 0 Å². The van der Waals surface area contributed by atoms with Crippen LogP contribution in [-0.4, -0.2) is 45.2 Å². The molecule has 0 unspecified atom stereocenters. The molecule has 0 spiro atoms. The van der Waals surface area contributed by atoms with Crippen molar-refractivity contribution in [3.05, 3.63) is 63.6 Å². The van der Waals surface area contributed by atoms with E-state index in [-0.39, 0.29) is 35.3 Å². The molecule has 0 aromatic heterocycles. The monoisotopic (exact) mass is 453 g/mol. The van der Waals surface area contributed by atoms with Gasteiger partial charge in [-0.2, -0.15) is 0 Å². The predicted octanol–water partition coefficient (Wildman–Crippen LogP) is 3.64. The van der Waals surface area contributed by atoms with Gasteiger partial charge in [-0.25, -0.2) is 4.79 Å². The lowest BCUT2D eigenvalue weighted by Crippen LogP contribution is -2.56. The van der Waals surface area contributed by atoms with Gasteiger partial charge >= 0.3 is 6.09 Å². The van der Waals surface area contributed by atoms with Gasteiger partial charge in [0.05, 0.1) is 11.6 Å². The zero-order valence-corrected chi connectivity index (χ0v) is 18.2. The standard InChI is InChI=1S/C21H25Cl2N3O4/c1-21(2,12-26(20(29)30)11-13-6-4-3-5-7-13)25-19(28)18(24)10-15-16(22)8-14(27)9-17(15)23/h3-9,18,27H,10-12,24H2,1-2H3,(H,25,28)(H,29,30)/t18-/m0/s1. The summed E-state index contributed by atoms with van der Waals surface area (Å²) in [7, 11) is 0. The molecule has 1 atom stereocenters. The summed E-state index contributed by atoms with van der Waals surface area (Å²) in [6.45, 7) is 3.70. The second-order valence-corrected chi connectivity index (χ2v) is 8.51. The zero-order valence-electron chi connectivity index (χ0n) is 16.7. The maximum atomic E-state index is 12.6. The van der Waals surface area contributed by atoms with E-state index in [1.165, 1.54) is 17.0 Å². The third-order valence-corrected chi connectivity index (χ3v) is 5.10. The van der Waals surface area contributed by atoms with E-state index in [1.54, 1.807) is 13.8 Å². The largest absolute Gasteiger partial charge is 0.508 e. The van der Waals surface area contributed by atoms with E-state index in [2.05, 4.69) is 5.32 Å². The van der Waals surface area contributed by atoms with Gasteiger partial charge in [0, 0.05) is 23.1 Å². The van der Waals surface area contributed by atoms with Crippen LogP contribution >= 0.6 is 23.2 Å². The summed E-state index contributed by atoms with van der Waals surface area (Å²) in [4.78, 5) is 25.5. The zero-order chi connectivity index (χ0) is 22.5. The number of nitrogens with zero attached hydrogens (tertiary/aromatic N) is 1. The number of carboxylic acid groups (broad SMARTS) is 1. The number of rotatable bonds is 8. The Morgan fingerprint density at radius 1 is 1.17 bits per heavy atom. The molecule has 0 saturated heterocycles. The summed E-state index contributed by atoms with van der Waals surface area (Å²) in [6, 6.07) is 10.9. The second-order valence-electron chi connectivity index (χ2n) is 7.70. The molecule has 0 bridgehead atoms. The Morgan fingerprint density at radius 2 is 1.73 bits per heavy atom. The summed E-state index contributed by atoms with van der Waals surface area (Å²) in [5, 5.41) is 22.3. The highest BCUT2D eigenvalue weighted by atomic mass is 35.5. The van der Waals surface area contributed by atoms with Gasteiger partial charge in [-0.15, -0.1) is 0 Å². The first-order chi connectivity index (χ1) is 14.0. The summed E-state index contributed by atoms with van der Waals surface area (Å²) in [5.41, 5.74) is 6.45. The molecule has 0 fully saturated rings. The summed E-state index contributed by atoms with van der Waals surface area (Å²) in [6.07, 6.45) is -1.03. The van der Waals surface area contributed by atoms with Crippen LogP contribution in [-0.2, 0) is 17.8 Å². The number of amides is 2. The van der Waals surface area contributed by atoms with Crippen molar-refractivity contribution in [2.24, 2.45) is 5.73 Å². The molecule has 162 valence electrons. The van der Waals surface area contributed by atoms with E-state index >= 15 is 0 Å². The van der Waals surface area contributed by atoms with E-state index < -0.39 is 23.6 Å². The van der Waals surface area contributed by atoms with E-state index in [9.17, 15) is 19.8 Å². The van der Waals surface area contributed by atoms with Crippen LogP contribution in [0.4, 0.5) is 4.79 Å². The molecule has 7 nitrogen and oxygen atoms in total. The minimum Gasteiger partial charge on any atom is -0.508 e. The highest BCUT2D eigenvalue weighted by molar-refractivity contribution is 6.36. The van der Waals surface area contributed by atoms with Crippen LogP contribution in [0.1, 0.15) is 25.0 Å². The van der Waals surface area contributed by atoms with Crippen LogP contribution in [0.25, 0.3) is 0 Å². The summed E-state index contributed by atoms with van der Waals surface area (Å²) in [5.74, 6) is -0.551. The Bertz CT molecular complexity index is 883. The average molecular weight is 454 g/mol. The van der Waals surface area contributed by atoms with E-state index in [4.69, 9.17) is 28.9 Å². The fourth-order valence-corrected chi connectivity index (χ4v) is 3.66. The molecule has 0 heterocycles. The van der Waals surface area contributed by atoms with Gasteiger partial charge in [-0.05, 0) is 43.5 Å². The van der Waals surface area contributed by atoms with Crippen LogP contribution in [0.15, 0.2) is 42.5 Å². The maximum absolute atomic E-state index is 12.6. The first kappa shape index (κ1) is 23.8. The Kier molecular flexibility index (Phi) is 7.95. The van der Waals surface area contributed by atoms with Crippen LogP contribution in [0.2, 0.25) is 10.0 Å². The van der Waals surface area contributed by atoms with Crippen LogP contribution < -0.4 is 11.1 Å². The van der Waals surface area contributed by atoms with E-state index in [0.717, 1.165) is 5.56 Å². The third kappa shape index (κ3) is 6.79. The SMILES string of the molecule is CC(C)(CN(Cc1ccccc1)C(=O)O)NC(=O)[C@@H](N)Cc1c(Cl)cc(O)cc1Cl. The Labute approximate surface area is 185 Å². The Balaban J connectivity index is 2.03. The molecule has 0 aliphatic heterocycles. The quantitative estimate of drug-likeness (QED) is 0.486. The van der Waals surface area contributed by atoms with E-state index in [1.807, 2.05) is 30.3 Å². The summed E-state index contributed by atoms with van der Waals surface area (Å²) >= 11 is 12.2. The highest BCUT2D eigenvalue weighted by Gasteiger charge is 2.29. The Morgan fingerprint density at radius 3 is 2.27 bits per heavy atom. The molecule has 2 aromatic rings. The number of carbonyl (C=O) groups excluding carboxylic acids is 1. The number of aromatic hydroxyl groups is 1. The molecule has 2 aromatic carbocycles. The van der Waals surface area contributed by atoms with Gasteiger partial charge in [0.15, 0.2) is 0 Å². The second kappa shape index (κ2) is 10.0. The fraction of sp³-hybridized carbons (Fsp3) is 0.333. The van der Waals surface area contributed by atoms with Crippen molar-refractivity contribution in [1.29, 1.82) is 0 Å². The van der Waals surface area contributed by atoms with Crippen molar-refractivity contribution in [2.75, 3.05) is 6.54 Å². The lowest BCUT2D eigenvalue weighted by atomic mass is 10.0. The van der Waals surface area contributed by atoms with Crippen LogP contribution in [0.3, 0.4) is 0 Å². The minimum absolute atomic E-state index is 0.0620. The number of phenols is 1. The topological polar surface area (TPSA) is 116 Å². The van der Waals surface area contributed by atoms with Gasteiger partial charge in [0.1, 0.15) is 5.75 Å². The molecule has 0 aliphatic rings. The third-order valence-electron chi connectivity index (χ3n) is 4.42. The first-order valence-electron chi connectivity index (χ1n) is 9.25. The van der Waals surface area contributed by atoms with Crippen molar-refractivity contribution in [1.82, 2.24) is 10.2 Å². The number of hydrogen-bond acceptors (Lipinski definition) is 4. The first-order valence-corrected chi connectivity index (χ1v) is 10.0. The molecule has 0 radical (unpaired) electrons. The molecule has 2 rings (SSSR count). The molecule has 0 aliphatic carbocycles. The van der Waals surface area contributed by atoms with Crippen LogP contribution in [0, 0.1) is 0 Å². The average Bonchev–Trinajstić information content (AvgIpc) is 2.64. The molecule has 30 heavy (non-hydrogen) atoms. The van der Waals surface area contributed by atoms with Crippen molar-refractivity contribution >= 4 is 35.2 Å². The molecular formula is C21H25Cl2N3O4. The summed E-state index contributed by atoms with van der Waals surface area (Å²) < 4.78 is 0. The number of phenolic OH excluding ortho intramolecular Hbond substituents is 1. The number of nitrogens with two attached hydrogens (primary N) is 1. The van der Waals surface area contributed by atoms with Gasteiger partial charge in [-0.3, -0.25) is 4.79 Å². The van der Waals surface area contributed by atoms with E-state index in [0.29, 0.717) is 5.56 Å². The number of halogens is 2. The number of benzene rings is 2.